The van der Waals surface area contributed by atoms with Crippen molar-refractivity contribution in [3.63, 3.8) is 0 Å². The molecule has 0 amide bonds. The van der Waals surface area contributed by atoms with Gasteiger partial charge in [0.25, 0.3) is 0 Å². The maximum Gasteiger partial charge on any atom is 0.128 e. The molecule has 19 heavy (non-hydrogen) atoms. The first kappa shape index (κ1) is 14.6. The zero-order chi connectivity index (χ0) is 14.0. The average Bonchev–Trinajstić information content (AvgIpc) is 2.24. The highest BCUT2D eigenvalue weighted by molar-refractivity contribution is 6.31. The molecule has 0 radical (unpaired) electrons. The van der Waals surface area contributed by atoms with Crippen LogP contribution in [0.2, 0.25) is 5.02 Å². The van der Waals surface area contributed by atoms with Crippen LogP contribution in [0.1, 0.15) is 45.6 Å². The highest BCUT2D eigenvalue weighted by atomic mass is 35.5. The van der Waals surface area contributed by atoms with Gasteiger partial charge in [0.05, 0.1) is 5.02 Å². The van der Waals surface area contributed by atoms with Crippen LogP contribution in [0.15, 0.2) is 12.3 Å². The molecule has 1 fully saturated rings. The van der Waals surface area contributed by atoms with Crippen molar-refractivity contribution >= 4 is 17.4 Å². The van der Waals surface area contributed by atoms with Gasteiger partial charge in [0.2, 0.25) is 0 Å². The normalized spacial score (nSPS) is 16.3. The van der Waals surface area contributed by atoms with Crippen molar-refractivity contribution < 1.29 is 0 Å². The Morgan fingerprint density at radius 1 is 1.42 bits per heavy atom. The van der Waals surface area contributed by atoms with E-state index in [2.05, 4.69) is 49.1 Å². The number of pyridine rings is 1. The standard InChI is InChI=1S/C15H24ClN3/c1-15(2,3)18-9-11-8-14(17-10-13(11)16)19(4)12-6-5-7-12/h8,10,12,18H,5-7,9H2,1-4H3. The van der Waals surface area contributed by atoms with Crippen LogP contribution < -0.4 is 10.2 Å². The number of anilines is 1. The van der Waals surface area contributed by atoms with Gasteiger partial charge in [-0.2, -0.15) is 0 Å². The van der Waals surface area contributed by atoms with Crippen molar-refractivity contribution in [1.29, 1.82) is 0 Å². The van der Waals surface area contributed by atoms with Gasteiger partial charge >= 0.3 is 0 Å². The van der Waals surface area contributed by atoms with Crippen LogP contribution >= 0.6 is 11.6 Å². The van der Waals surface area contributed by atoms with Crippen LogP contribution in [0.25, 0.3) is 0 Å². The molecule has 0 atom stereocenters. The largest absolute Gasteiger partial charge is 0.357 e. The van der Waals surface area contributed by atoms with E-state index in [0.29, 0.717) is 6.04 Å². The molecule has 1 N–H and O–H groups in total. The Balaban J connectivity index is 2.10. The van der Waals surface area contributed by atoms with Gasteiger partial charge < -0.3 is 10.2 Å². The SMILES string of the molecule is CN(c1cc(CNC(C)(C)C)c(Cl)cn1)C1CCC1. The zero-order valence-corrected chi connectivity index (χ0v) is 13.1. The summed E-state index contributed by atoms with van der Waals surface area (Å²) in [5.74, 6) is 1.03. The Morgan fingerprint density at radius 2 is 2.11 bits per heavy atom. The second-order valence-corrected chi connectivity index (χ2v) is 6.84. The van der Waals surface area contributed by atoms with E-state index in [-0.39, 0.29) is 5.54 Å². The second kappa shape index (κ2) is 5.68. The maximum atomic E-state index is 6.24. The van der Waals surface area contributed by atoms with Crippen molar-refractivity contribution in [2.45, 2.75) is 58.2 Å². The molecule has 0 unspecified atom stereocenters. The zero-order valence-electron chi connectivity index (χ0n) is 12.3. The van der Waals surface area contributed by atoms with Crippen LogP contribution in [-0.2, 0) is 6.54 Å². The molecule has 4 heteroatoms. The van der Waals surface area contributed by atoms with Crippen molar-refractivity contribution in [3.8, 4) is 0 Å². The Labute approximate surface area is 121 Å². The predicted molar refractivity (Wildman–Crippen MR) is 81.9 cm³/mol. The fourth-order valence-electron chi connectivity index (χ4n) is 2.12. The summed E-state index contributed by atoms with van der Waals surface area (Å²) < 4.78 is 0. The van der Waals surface area contributed by atoms with Crippen LogP contribution in [0, 0.1) is 0 Å². The maximum absolute atomic E-state index is 6.24. The monoisotopic (exact) mass is 281 g/mol. The smallest absolute Gasteiger partial charge is 0.128 e. The lowest BCUT2D eigenvalue weighted by molar-refractivity contribution is 0.399. The predicted octanol–water partition coefficient (Wildman–Crippen LogP) is 3.61. The van der Waals surface area contributed by atoms with Gasteiger partial charge in [-0.15, -0.1) is 0 Å². The third-order valence-corrected chi connectivity index (χ3v) is 4.05. The number of aromatic nitrogens is 1. The first-order chi connectivity index (χ1) is 8.87. The molecule has 1 aliphatic rings. The molecule has 3 nitrogen and oxygen atoms in total. The van der Waals surface area contributed by atoms with Gasteiger partial charge in [-0.1, -0.05) is 11.6 Å². The fraction of sp³-hybridized carbons (Fsp3) is 0.667. The number of nitrogens with one attached hydrogen (secondary N) is 1. The number of rotatable bonds is 4. The van der Waals surface area contributed by atoms with Crippen LogP contribution in [0.3, 0.4) is 0 Å². The lowest BCUT2D eigenvalue weighted by Crippen LogP contribution is -2.38. The first-order valence-electron chi connectivity index (χ1n) is 6.99. The molecule has 1 aromatic heterocycles. The molecule has 106 valence electrons. The van der Waals surface area contributed by atoms with E-state index in [1.165, 1.54) is 19.3 Å². The lowest BCUT2D eigenvalue weighted by atomic mass is 9.92. The number of hydrogen-bond donors (Lipinski definition) is 1. The van der Waals surface area contributed by atoms with E-state index in [1.807, 2.05) is 0 Å². The van der Waals surface area contributed by atoms with Gasteiger partial charge in [0, 0.05) is 31.4 Å². The summed E-state index contributed by atoms with van der Waals surface area (Å²) >= 11 is 6.24. The van der Waals surface area contributed by atoms with E-state index in [0.717, 1.165) is 22.9 Å². The lowest BCUT2D eigenvalue weighted by Gasteiger charge is -2.35. The van der Waals surface area contributed by atoms with Crippen molar-refractivity contribution in [2.24, 2.45) is 0 Å². The Bertz CT molecular complexity index is 436. The number of hydrogen-bond acceptors (Lipinski definition) is 3. The minimum Gasteiger partial charge on any atom is -0.357 e. The third kappa shape index (κ3) is 3.83. The summed E-state index contributed by atoms with van der Waals surface area (Å²) in [6.07, 6.45) is 5.65. The van der Waals surface area contributed by atoms with Crippen LogP contribution in [0.4, 0.5) is 5.82 Å². The van der Waals surface area contributed by atoms with Crippen molar-refractivity contribution in [2.75, 3.05) is 11.9 Å². The molecule has 1 aliphatic carbocycles. The summed E-state index contributed by atoms with van der Waals surface area (Å²) in [6, 6.07) is 2.76. The molecule has 1 aromatic rings. The van der Waals surface area contributed by atoms with Crippen LogP contribution in [0.5, 0.6) is 0 Å². The summed E-state index contributed by atoms with van der Waals surface area (Å²) in [5, 5.41) is 4.21. The average molecular weight is 282 g/mol. The van der Waals surface area contributed by atoms with Crippen LogP contribution in [-0.4, -0.2) is 23.6 Å². The topological polar surface area (TPSA) is 28.2 Å². The Hall–Kier alpha value is -0.800. The van der Waals surface area contributed by atoms with Gasteiger partial charge in [-0.3, -0.25) is 0 Å². The highest BCUT2D eigenvalue weighted by Gasteiger charge is 2.23. The molecule has 0 bridgehead atoms. The molecule has 0 aromatic carbocycles. The molecule has 2 rings (SSSR count). The summed E-state index contributed by atoms with van der Waals surface area (Å²) in [6.45, 7) is 7.24. The molecule has 1 saturated carbocycles. The van der Waals surface area contributed by atoms with Crippen molar-refractivity contribution in [1.82, 2.24) is 10.3 Å². The van der Waals surface area contributed by atoms with E-state index < -0.39 is 0 Å². The summed E-state index contributed by atoms with van der Waals surface area (Å²) in [7, 11) is 2.13. The Morgan fingerprint density at radius 3 is 2.63 bits per heavy atom. The number of nitrogens with zero attached hydrogens (tertiary/aromatic N) is 2. The quantitative estimate of drug-likeness (QED) is 0.914. The number of halogens is 1. The fourth-order valence-corrected chi connectivity index (χ4v) is 2.29. The van der Waals surface area contributed by atoms with E-state index in [9.17, 15) is 0 Å². The minimum atomic E-state index is 0.0899. The Kier molecular flexibility index (Phi) is 4.36. The molecule has 0 aliphatic heterocycles. The third-order valence-electron chi connectivity index (χ3n) is 3.71. The van der Waals surface area contributed by atoms with Crippen molar-refractivity contribution in [3.05, 3.63) is 22.8 Å². The molecular formula is C15H24ClN3. The van der Waals surface area contributed by atoms with Gasteiger partial charge in [-0.05, 0) is 51.7 Å². The van der Waals surface area contributed by atoms with Gasteiger partial charge in [-0.25, -0.2) is 4.98 Å². The minimum absolute atomic E-state index is 0.0899. The molecule has 0 spiro atoms. The molecule has 0 saturated heterocycles. The highest BCUT2D eigenvalue weighted by Crippen LogP contribution is 2.28. The second-order valence-electron chi connectivity index (χ2n) is 6.43. The first-order valence-corrected chi connectivity index (χ1v) is 7.37. The molecule has 1 heterocycles. The summed E-state index contributed by atoms with van der Waals surface area (Å²) in [5.41, 5.74) is 1.21. The van der Waals surface area contributed by atoms with E-state index in [1.54, 1.807) is 6.20 Å². The molecular weight excluding hydrogens is 258 g/mol. The van der Waals surface area contributed by atoms with E-state index in [4.69, 9.17) is 11.6 Å². The summed E-state index contributed by atoms with van der Waals surface area (Å²) in [4.78, 5) is 6.73. The van der Waals surface area contributed by atoms with Gasteiger partial charge in [0.1, 0.15) is 5.82 Å². The van der Waals surface area contributed by atoms with E-state index >= 15 is 0 Å². The van der Waals surface area contributed by atoms with Gasteiger partial charge in [0.15, 0.2) is 0 Å².